The first-order valence-corrected chi connectivity index (χ1v) is 6.77. The lowest BCUT2D eigenvalue weighted by Crippen LogP contribution is -2.45. The predicted molar refractivity (Wildman–Crippen MR) is 78.0 cm³/mol. The summed E-state index contributed by atoms with van der Waals surface area (Å²) in [6.07, 6.45) is 0. The number of hydrogen-bond donors (Lipinski definition) is 2. The number of ether oxygens (including phenoxy) is 2. The summed E-state index contributed by atoms with van der Waals surface area (Å²) < 4.78 is 9.58. The van der Waals surface area contributed by atoms with Crippen LogP contribution in [0, 0.1) is 0 Å². The first-order chi connectivity index (χ1) is 9.88. The van der Waals surface area contributed by atoms with Gasteiger partial charge in [0, 0.05) is 6.07 Å². The van der Waals surface area contributed by atoms with Gasteiger partial charge in [-0.2, -0.15) is 0 Å². The highest BCUT2D eigenvalue weighted by Crippen LogP contribution is 2.33. The van der Waals surface area contributed by atoms with Crippen LogP contribution in [0.25, 0.3) is 0 Å². The molecule has 0 aromatic heterocycles. The Morgan fingerprint density at radius 3 is 2.43 bits per heavy atom. The van der Waals surface area contributed by atoms with E-state index in [0.29, 0.717) is 0 Å². The van der Waals surface area contributed by atoms with Crippen LogP contribution in [0.4, 0.5) is 0 Å². The second kappa shape index (κ2) is 8.29. The molecule has 6 nitrogen and oxygen atoms in total. The van der Waals surface area contributed by atoms with Crippen LogP contribution in [0.3, 0.4) is 0 Å². The topological polar surface area (TPSA) is 84.9 Å². The minimum absolute atomic E-state index is 0.167. The highest BCUT2D eigenvalue weighted by atomic mass is 35.5. The zero-order valence-corrected chi connectivity index (χ0v) is 13.1. The van der Waals surface area contributed by atoms with Crippen molar-refractivity contribution < 1.29 is 24.2 Å². The van der Waals surface area contributed by atoms with E-state index in [1.165, 1.54) is 12.1 Å². The molecule has 0 bridgehead atoms. The molecule has 9 heteroatoms. The van der Waals surface area contributed by atoms with Crippen molar-refractivity contribution in [1.29, 1.82) is 0 Å². The molecule has 0 saturated heterocycles. The molecule has 1 atom stereocenters. The zero-order chi connectivity index (χ0) is 16.0. The molecule has 2 N–H and O–H groups in total. The van der Waals surface area contributed by atoms with Gasteiger partial charge in [-0.1, -0.05) is 34.8 Å². The lowest BCUT2D eigenvalue weighted by molar-refractivity contribution is -0.146. The quantitative estimate of drug-likeness (QED) is 0.598. The smallest absolute Gasteiger partial charge is 0.330 e. The van der Waals surface area contributed by atoms with Gasteiger partial charge in [-0.3, -0.25) is 4.79 Å². The van der Waals surface area contributed by atoms with Gasteiger partial charge < -0.3 is 19.9 Å². The third-order valence-electron chi connectivity index (χ3n) is 2.34. The molecular weight excluding hydrogens is 344 g/mol. The van der Waals surface area contributed by atoms with E-state index in [1.54, 1.807) is 0 Å². The van der Waals surface area contributed by atoms with Gasteiger partial charge >= 0.3 is 5.97 Å². The number of methoxy groups -OCH3 is 1. The normalized spacial score (nSPS) is 11.7. The summed E-state index contributed by atoms with van der Waals surface area (Å²) in [6, 6.07) is 1.59. The highest BCUT2D eigenvalue weighted by Gasteiger charge is 2.20. The fraction of sp³-hybridized carbons (Fsp3) is 0.333. The Morgan fingerprint density at radius 1 is 1.24 bits per heavy atom. The van der Waals surface area contributed by atoms with Crippen LogP contribution < -0.4 is 10.1 Å². The number of benzene rings is 1. The molecule has 0 saturated carbocycles. The monoisotopic (exact) mass is 355 g/mol. The Bertz CT molecular complexity index is 538. The van der Waals surface area contributed by atoms with E-state index in [4.69, 9.17) is 44.6 Å². The van der Waals surface area contributed by atoms with Gasteiger partial charge in [0.25, 0.3) is 5.91 Å². The van der Waals surface area contributed by atoms with E-state index in [0.717, 1.165) is 7.11 Å². The van der Waals surface area contributed by atoms with E-state index in [-0.39, 0.29) is 20.8 Å². The number of amides is 1. The lowest BCUT2D eigenvalue weighted by Gasteiger charge is -2.14. The van der Waals surface area contributed by atoms with E-state index in [2.05, 4.69) is 10.1 Å². The first-order valence-electron chi connectivity index (χ1n) is 5.64. The van der Waals surface area contributed by atoms with Crippen molar-refractivity contribution in [2.24, 2.45) is 0 Å². The number of hydrogen-bond acceptors (Lipinski definition) is 5. The Morgan fingerprint density at radius 2 is 1.86 bits per heavy atom. The maximum atomic E-state index is 11.6. The number of carbonyl (C=O) groups is 2. The van der Waals surface area contributed by atoms with Crippen LogP contribution in [0.2, 0.25) is 15.1 Å². The van der Waals surface area contributed by atoms with Gasteiger partial charge in [-0.15, -0.1) is 0 Å². The molecule has 0 spiro atoms. The van der Waals surface area contributed by atoms with E-state index in [9.17, 15) is 9.59 Å². The SMILES string of the molecule is COC(=O)C(CO)NC(=O)COc1cc(Cl)c(Cl)cc1Cl. The number of carbonyl (C=O) groups excluding carboxylic acids is 2. The Hall–Kier alpha value is -1.21. The number of nitrogens with one attached hydrogen (secondary N) is 1. The molecule has 0 aliphatic rings. The van der Waals surface area contributed by atoms with Crippen LogP contribution >= 0.6 is 34.8 Å². The molecule has 116 valence electrons. The molecule has 0 aliphatic carbocycles. The molecule has 1 aromatic rings. The number of aliphatic hydroxyl groups excluding tert-OH is 1. The summed E-state index contributed by atoms with van der Waals surface area (Å²) in [7, 11) is 1.14. The third kappa shape index (κ3) is 5.24. The molecule has 1 rings (SSSR count). The van der Waals surface area contributed by atoms with Crippen LogP contribution in [0.15, 0.2) is 12.1 Å². The van der Waals surface area contributed by atoms with Gasteiger partial charge in [0.1, 0.15) is 5.75 Å². The second-order valence-corrected chi connectivity index (χ2v) is 5.03. The summed E-state index contributed by atoms with van der Waals surface area (Å²) in [5.41, 5.74) is 0. The van der Waals surface area contributed by atoms with Crippen molar-refractivity contribution >= 4 is 46.7 Å². The molecule has 1 unspecified atom stereocenters. The highest BCUT2D eigenvalue weighted by molar-refractivity contribution is 6.43. The molecule has 0 heterocycles. The van der Waals surface area contributed by atoms with Crippen molar-refractivity contribution in [3.05, 3.63) is 27.2 Å². The molecule has 0 aliphatic heterocycles. The fourth-order valence-electron chi connectivity index (χ4n) is 1.32. The summed E-state index contributed by atoms with van der Waals surface area (Å²) in [5.74, 6) is -1.24. The Labute approximate surface area is 135 Å². The molecular formula is C12H12Cl3NO5. The predicted octanol–water partition coefficient (Wildman–Crippen LogP) is 1.68. The number of esters is 1. The Kier molecular flexibility index (Phi) is 7.04. The van der Waals surface area contributed by atoms with E-state index in [1.807, 2.05) is 0 Å². The van der Waals surface area contributed by atoms with Gasteiger partial charge in [-0.25, -0.2) is 4.79 Å². The Balaban J connectivity index is 2.61. The van der Waals surface area contributed by atoms with Crippen LogP contribution in [-0.4, -0.2) is 43.3 Å². The second-order valence-electron chi connectivity index (χ2n) is 3.81. The molecule has 0 radical (unpaired) electrons. The third-order valence-corrected chi connectivity index (χ3v) is 3.35. The number of rotatable bonds is 6. The standard InChI is InChI=1S/C12H12Cl3NO5/c1-20-12(19)9(4-17)16-11(18)5-21-10-3-7(14)6(13)2-8(10)15/h2-3,9,17H,4-5H2,1H3,(H,16,18). The summed E-state index contributed by atoms with van der Waals surface area (Å²) in [6.45, 7) is -1.02. The fourth-order valence-corrected chi connectivity index (χ4v) is 1.91. The number of aliphatic hydroxyl groups is 1. The van der Waals surface area contributed by atoms with Crippen molar-refractivity contribution in [3.63, 3.8) is 0 Å². The summed E-state index contributed by atoms with van der Waals surface area (Å²) >= 11 is 17.4. The maximum absolute atomic E-state index is 11.6. The largest absolute Gasteiger partial charge is 0.482 e. The van der Waals surface area contributed by atoms with Crippen molar-refractivity contribution in [3.8, 4) is 5.75 Å². The minimum atomic E-state index is -1.16. The van der Waals surface area contributed by atoms with Crippen LogP contribution in [0.1, 0.15) is 0 Å². The first kappa shape index (κ1) is 17.8. The maximum Gasteiger partial charge on any atom is 0.330 e. The molecule has 1 amide bonds. The van der Waals surface area contributed by atoms with Crippen molar-refractivity contribution in [1.82, 2.24) is 5.32 Å². The number of halogens is 3. The van der Waals surface area contributed by atoms with Gasteiger partial charge in [-0.05, 0) is 6.07 Å². The lowest BCUT2D eigenvalue weighted by atomic mass is 10.3. The average molecular weight is 357 g/mol. The minimum Gasteiger partial charge on any atom is -0.482 e. The summed E-state index contributed by atoms with van der Waals surface area (Å²) in [5, 5.41) is 11.9. The average Bonchev–Trinajstić information content (AvgIpc) is 2.46. The van der Waals surface area contributed by atoms with E-state index >= 15 is 0 Å². The van der Waals surface area contributed by atoms with Crippen molar-refractivity contribution in [2.75, 3.05) is 20.3 Å². The zero-order valence-electron chi connectivity index (χ0n) is 10.9. The van der Waals surface area contributed by atoms with E-state index < -0.39 is 31.1 Å². The van der Waals surface area contributed by atoms with Gasteiger partial charge in [0.15, 0.2) is 12.6 Å². The molecule has 21 heavy (non-hydrogen) atoms. The van der Waals surface area contributed by atoms with Crippen molar-refractivity contribution in [2.45, 2.75) is 6.04 Å². The van der Waals surface area contributed by atoms with Crippen LogP contribution in [0.5, 0.6) is 5.75 Å². The molecule has 1 aromatic carbocycles. The summed E-state index contributed by atoms with van der Waals surface area (Å²) in [4.78, 5) is 22.8. The van der Waals surface area contributed by atoms with Gasteiger partial charge in [0.2, 0.25) is 0 Å². The van der Waals surface area contributed by atoms with Crippen LogP contribution in [-0.2, 0) is 14.3 Å². The molecule has 0 fully saturated rings. The van der Waals surface area contributed by atoms with Gasteiger partial charge in [0.05, 0.1) is 28.8 Å².